The van der Waals surface area contributed by atoms with Crippen molar-refractivity contribution in [1.29, 1.82) is 5.26 Å². The molecule has 0 aromatic carbocycles. The molecule has 0 fully saturated rings. The minimum atomic E-state index is -0.175. The Morgan fingerprint density at radius 1 is 1.28 bits per heavy atom. The van der Waals surface area contributed by atoms with Crippen LogP contribution in [-0.2, 0) is 4.74 Å². The molecule has 18 heavy (non-hydrogen) atoms. The van der Waals surface area contributed by atoms with Crippen molar-refractivity contribution < 1.29 is 9.47 Å². The Balaban J connectivity index is 2.65. The molecule has 4 nitrogen and oxygen atoms in total. The van der Waals surface area contributed by atoms with Gasteiger partial charge in [-0.1, -0.05) is 0 Å². The van der Waals surface area contributed by atoms with Crippen molar-refractivity contribution in [1.82, 2.24) is 4.98 Å². The van der Waals surface area contributed by atoms with Gasteiger partial charge in [-0.2, -0.15) is 5.26 Å². The van der Waals surface area contributed by atoms with Gasteiger partial charge >= 0.3 is 0 Å². The molecule has 0 amide bonds. The summed E-state index contributed by atoms with van der Waals surface area (Å²) in [5.74, 6) is 0.583. The van der Waals surface area contributed by atoms with Gasteiger partial charge in [0.25, 0.3) is 0 Å². The Bertz CT molecular complexity index is 456. The third-order valence-corrected chi connectivity index (χ3v) is 2.28. The molecular weight excluding hydrogens is 228 g/mol. The predicted molar refractivity (Wildman–Crippen MR) is 69.6 cm³/mol. The van der Waals surface area contributed by atoms with E-state index in [9.17, 15) is 0 Å². The van der Waals surface area contributed by atoms with E-state index in [0.717, 1.165) is 5.69 Å². The Kier molecular flexibility index (Phi) is 4.69. The quantitative estimate of drug-likeness (QED) is 0.769. The topological polar surface area (TPSA) is 55.1 Å². The minimum Gasteiger partial charge on any atom is -0.490 e. The smallest absolute Gasteiger partial charge is 0.140 e. The summed E-state index contributed by atoms with van der Waals surface area (Å²) in [5, 5.41) is 9.07. The maximum atomic E-state index is 9.07. The van der Waals surface area contributed by atoms with Gasteiger partial charge in [0.2, 0.25) is 0 Å². The van der Waals surface area contributed by atoms with Gasteiger partial charge < -0.3 is 9.47 Å². The highest BCUT2D eigenvalue weighted by atomic mass is 16.5. The first-order chi connectivity index (χ1) is 8.33. The zero-order valence-corrected chi connectivity index (χ0v) is 11.7. The lowest BCUT2D eigenvalue weighted by Crippen LogP contribution is -2.22. The first-order valence-electron chi connectivity index (χ1n) is 5.98. The summed E-state index contributed by atoms with van der Waals surface area (Å²) in [6.45, 7) is 10.6. The number of hydrogen-bond acceptors (Lipinski definition) is 4. The Hall–Kier alpha value is -1.60. The molecular formula is C14H20N2O2. The number of pyridine rings is 1. The second-order valence-corrected chi connectivity index (χ2v) is 5.14. The Morgan fingerprint density at radius 2 is 1.94 bits per heavy atom. The molecule has 1 aromatic rings. The van der Waals surface area contributed by atoms with Crippen molar-refractivity contribution >= 4 is 0 Å². The molecule has 1 heterocycles. The average molecular weight is 248 g/mol. The zero-order valence-electron chi connectivity index (χ0n) is 11.7. The van der Waals surface area contributed by atoms with Crippen LogP contribution in [0.1, 0.15) is 37.7 Å². The Morgan fingerprint density at radius 3 is 2.50 bits per heavy atom. The van der Waals surface area contributed by atoms with Gasteiger partial charge in [0.1, 0.15) is 24.0 Å². The number of aryl methyl sites for hydroxylation is 2. The molecule has 0 unspecified atom stereocenters. The predicted octanol–water partition coefficient (Wildman–Crippen LogP) is 2.76. The van der Waals surface area contributed by atoms with Crippen molar-refractivity contribution in [2.75, 3.05) is 13.2 Å². The normalized spacial score (nSPS) is 11.1. The van der Waals surface area contributed by atoms with Crippen LogP contribution in [-0.4, -0.2) is 23.8 Å². The number of nitrogens with zero attached hydrogens (tertiary/aromatic N) is 2. The average Bonchev–Trinajstić information content (AvgIpc) is 2.22. The van der Waals surface area contributed by atoms with E-state index >= 15 is 0 Å². The van der Waals surface area contributed by atoms with Crippen LogP contribution in [0, 0.1) is 25.2 Å². The zero-order chi connectivity index (χ0) is 13.8. The van der Waals surface area contributed by atoms with Crippen LogP contribution in [0.25, 0.3) is 0 Å². The summed E-state index contributed by atoms with van der Waals surface area (Å²) in [5.41, 5.74) is 1.87. The van der Waals surface area contributed by atoms with Crippen LogP contribution < -0.4 is 4.74 Å². The Labute approximate surface area is 109 Å². The molecule has 0 aliphatic rings. The lowest BCUT2D eigenvalue weighted by molar-refractivity contribution is -0.0163. The molecule has 0 bridgehead atoms. The van der Waals surface area contributed by atoms with E-state index in [0.29, 0.717) is 30.2 Å². The van der Waals surface area contributed by atoms with Crippen LogP contribution in [0.3, 0.4) is 0 Å². The molecule has 0 saturated carbocycles. The second kappa shape index (κ2) is 5.83. The molecule has 0 radical (unpaired) electrons. The minimum absolute atomic E-state index is 0.175. The number of hydrogen-bond donors (Lipinski definition) is 0. The molecule has 0 aliphatic heterocycles. The van der Waals surface area contributed by atoms with E-state index in [1.54, 1.807) is 6.07 Å². The summed E-state index contributed by atoms with van der Waals surface area (Å²) in [4.78, 5) is 4.24. The number of nitriles is 1. The van der Waals surface area contributed by atoms with Gasteiger partial charge in [-0.25, -0.2) is 0 Å². The molecule has 0 saturated heterocycles. The van der Waals surface area contributed by atoms with E-state index in [2.05, 4.69) is 11.1 Å². The van der Waals surface area contributed by atoms with Crippen molar-refractivity contribution in [3.8, 4) is 11.8 Å². The number of rotatable bonds is 4. The highest BCUT2D eigenvalue weighted by Gasteiger charge is 2.11. The first-order valence-corrected chi connectivity index (χ1v) is 5.98. The SMILES string of the molecule is Cc1cc(OCCOC(C)(C)C)c(C#N)c(C)n1. The van der Waals surface area contributed by atoms with Crippen molar-refractivity contribution in [2.45, 2.75) is 40.2 Å². The molecule has 4 heteroatoms. The highest BCUT2D eigenvalue weighted by molar-refractivity contribution is 5.46. The van der Waals surface area contributed by atoms with Crippen molar-refractivity contribution in [3.63, 3.8) is 0 Å². The van der Waals surface area contributed by atoms with Crippen LogP contribution in [0.15, 0.2) is 6.07 Å². The highest BCUT2D eigenvalue weighted by Crippen LogP contribution is 2.21. The van der Waals surface area contributed by atoms with Crippen LogP contribution in [0.2, 0.25) is 0 Å². The molecule has 0 spiro atoms. The first kappa shape index (κ1) is 14.5. The van der Waals surface area contributed by atoms with E-state index in [4.69, 9.17) is 14.7 Å². The fourth-order valence-corrected chi connectivity index (χ4v) is 1.54. The van der Waals surface area contributed by atoms with E-state index in [-0.39, 0.29) is 5.60 Å². The van der Waals surface area contributed by atoms with Crippen molar-refractivity contribution in [3.05, 3.63) is 23.0 Å². The molecule has 0 aliphatic carbocycles. The maximum Gasteiger partial charge on any atom is 0.140 e. The molecule has 98 valence electrons. The van der Waals surface area contributed by atoms with E-state index in [1.807, 2.05) is 34.6 Å². The lowest BCUT2D eigenvalue weighted by Gasteiger charge is -2.19. The van der Waals surface area contributed by atoms with Gasteiger partial charge in [0, 0.05) is 11.8 Å². The van der Waals surface area contributed by atoms with Gasteiger partial charge in [0.05, 0.1) is 17.9 Å². The third-order valence-electron chi connectivity index (χ3n) is 2.28. The maximum absolute atomic E-state index is 9.07. The lowest BCUT2D eigenvalue weighted by atomic mass is 10.2. The number of aromatic nitrogens is 1. The van der Waals surface area contributed by atoms with Gasteiger partial charge in [0.15, 0.2) is 0 Å². The fourth-order valence-electron chi connectivity index (χ4n) is 1.54. The summed E-state index contributed by atoms with van der Waals surface area (Å²) >= 11 is 0. The van der Waals surface area contributed by atoms with E-state index < -0.39 is 0 Å². The number of ether oxygens (including phenoxy) is 2. The van der Waals surface area contributed by atoms with Crippen LogP contribution in [0.4, 0.5) is 0 Å². The molecule has 0 N–H and O–H groups in total. The fraction of sp³-hybridized carbons (Fsp3) is 0.571. The monoisotopic (exact) mass is 248 g/mol. The van der Waals surface area contributed by atoms with E-state index in [1.165, 1.54) is 0 Å². The molecule has 1 rings (SSSR count). The standard InChI is InChI=1S/C14H20N2O2/c1-10-8-13(12(9-15)11(2)16-10)17-6-7-18-14(3,4)5/h8H,6-7H2,1-5H3. The van der Waals surface area contributed by atoms with Crippen LogP contribution >= 0.6 is 0 Å². The van der Waals surface area contributed by atoms with Gasteiger partial charge in [-0.15, -0.1) is 0 Å². The van der Waals surface area contributed by atoms with Gasteiger partial charge in [-0.3, -0.25) is 4.98 Å². The largest absolute Gasteiger partial charge is 0.490 e. The summed E-state index contributed by atoms with van der Waals surface area (Å²) < 4.78 is 11.2. The van der Waals surface area contributed by atoms with Crippen molar-refractivity contribution in [2.24, 2.45) is 0 Å². The molecule has 0 atom stereocenters. The summed E-state index contributed by atoms with van der Waals surface area (Å²) in [6, 6.07) is 3.90. The van der Waals surface area contributed by atoms with Crippen LogP contribution in [0.5, 0.6) is 5.75 Å². The second-order valence-electron chi connectivity index (χ2n) is 5.14. The third kappa shape index (κ3) is 4.34. The molecule has 1 aromatic heterocycles. The van der Waals surface area contributed by atoms with Gasteiger partial charge in [-0.05, 0) is 34.6 Å². The summed E-state index contributed by atoms with van der Waals surface area (Å²) in [7, 11) is 0. The summed E-state index contributed by atoms with van der Waals surface area (Å²) in [6.07, 6.45) is 0.